The molecule has 0 aliphatic heterocycles. The minimum atomic E-state index is -0.932. The van der Waals surface area contributed by atoms with Gasteiger partial charge in [0, 0.05) is 5.97 Å². The highest BCUT2D eigenvalue weighted by Crippen LogP contribution is 1.97. The number of rotatable bonds is 7. The molecule has 0 unspecified atom stereocenters. The first kappa shape index (κ1) is 17.8. The average Bonchev–Trinajstić information content (AvgIpc) is 2.29. The van der Waals surface area contributed by atoms with Crippen LogP contribution in [0.25, 0.3) is 0 Å². The number of unbranched alkanes of at least 4 members (excludes halogenated alkanes) is 2. The molecular formula is C13H29NO2. The maximum Gasteiger partial charge on any atom is 0.0755 e. The summed E-state index contributed by atoms with van der Waals surface area (Å²) in [5.41, 5.74) is 0. The summed E-state index contributed by atoms with van der Waals surface area (Å²) in [7, 11) is 2.29. The maximum atomic E-state index is 9.76. The first-order valence-corrected chi connectivity index (χ1v) is 6.49. The molecule has 16 heavy (non-hydrogen) atoms. The van der Waals surface area contributed by atoms with Crippen LogP contribution >= 0.6 is 0 Å². The zero-order valence-electron chi connectivity index (χ0n) is 11.7. The van der Waals surface area contributed by atoms with E-state index in [-0.39, 0.29) is 6.42 Å². The molecule has 0 fully saturated rings. The number of carbonyl (C=O) groups excluding carboxylic acids is 1. The Balaban J connectivity index is 0. The number of carboxylic acids is 1. The van der Waals surface area contributed by atoms with Crippen molar-refractivity contribution in [2.45, 2.75) is 53.4 Å². The Hall–Kier alpha value is -0.570. The molecule has 3 nitrogen and oxygen atoms in total. The molecular weight excluding hydrogens is 202 g/mol. The second-order valence-electron chi connectivity index (χ2n) is 4.40. The molecule has 0 N–H and O–H groups in total. The van der Waals surface area contributed by atoms with E-state index in [2.05, 4.69) is 27.8 Å². The second kappa shape index (κ2) is 10.9. The first-order valence-electron chi connectivity index (χ1n) is 6.49. The first-order chi connectivity index (χ1) is 7.45. The van der Waals surface area contributed by atoms with Gasteiger partial charge in [-0.1, -0.05) is 19.8 Å². The Labute approximate surface area is 101 Å². The van der Waals surface area contributed by atoms with E-state index in [9.17, 15) is 9.90 Å². The molecule has 0 bridgehead atoms. The Morgan fingerprint density at radius 2 is 1.44 bits per heavy atom. The number of carbonyl (C=O) groups is 1. The van der Waals surface area contributed by atoms with Crippen molar-refractivity contribution in [3.63, 3.8) is 0 Å². The Morgan fingerprint density at radius 3 is 1.62 bits per heavy atom. The van der Waals surface area contributed by atoms with Gasteiger partial charge in [0.1, 0.15) is 0 Å². The van der Waals surface area contributed by atoms with Crippen molar-refractivity contribution >= 4 is 5.97 Å². The van der Waals surface area contributed by atoms with Gasteiger partial charge in [0.05, 0.1) is 26.7 Å². The molecule has 0 aromatic carbocycles. The fourth-order valence-electron chi connectivity index (χ4n) is 1.19. The molecule has 0 aliphatic carbocycles. The van der Waals surface area contributed by atoms with E-state index in [0.29, 0.717) is 0 Å². The summed E-state index contributed by atoms with van der Waals surface area (Å²) in [6.45, 7) is 12.5. The summed E-state index contributed by atoms with van der Waals surface area (Å²) < 4.78 is 1.21. The van der Waals surface area contributed by atoms with Crippen molar-refractivity contribution < 1.29 is 14.4 Å². The third kappa shape index (κ3) is 11.5. The third-order valence-corrected chi connectivity index (χ3v) is 3.27. The monoisotopic (exact) mass is 231 g/mol. The average molecular weight is 231 g/mol. The van der Waals surface area contributed by atoms with Crippen LogP contribution in [0.4, 0.5) is 0 Å². The quantitative estimate of drug-likeness (QED) is 0.495. The summed E-state index contributed by atoms with van der Waals surface area (Å²) in [4.78, 5) is 9.76. The van der Waals surface area contributed by atoms with Gasteiger partial charge in [0.15, 0.2) is 0 Å². The van der Waals surface area contributed by atoms with Crippen LogP contribution in [-0.2, 0) is 4.79 Å². The number of carboxylic acid groups (broad SMARTS) is 1. The summed E-state index contributed by atoms with van der Waals surface area (Å²) in [5.74, 6) is -0.932. The van der Waals surface area contributed by atoms with Gasteiger partial charge in [-0.05, 0) is 33.6 Å². The van der Waals surface area contributed by atoms with Crippen molar-refractivity contribution in [2.75, 3.05) is 26.7 Å². The van der Waals surface area contributed by atoms with Gasteiger partial charge >= 0.3 is 0 Å². The predicted molar refractivity (Wildman–Crippen MR) is 67.0 cm³/mol. The number of nitrogens with zero attached hydrogens (tertiary/aromatic N) is 1. The van der Waals surface area contributed by atoms with E-state index in [1.165, 1.54) is 24.1 Å². The van der Waals surface area contributed by atoms with Gasteiger partial charge in [-0.25, -0.2) is 0 Å². The lowest BCUT2D eigenvalue weighted by molar-refractivity contribution is -0.904. The maximum absolute atomic E-state index is 9.76. The molecule has 0 radical (unpaired) electrons. The predicted octanol–water partition coefficient (Wildman–Crippen LogP) is 1.81. The zero-order valence-corrected chi connectivity index (χ0v) is 11.7. The topological polar surface area (TPSA) is 40.1 Å². The number of quaternary nitrogens is 1. The van der Waals surface area contributed by atoms with Gasteiger partial charge in [0.2, 0.25) is 0 Å². The van der Waals surface area contributed by atoms with Gasteiger partial charge < -0.3 is 14.4 Å². The Morgan fingerprint density at radius 1 is 1.00 bits per heavy atom. The van der Waals surface area contributed by atoms with E-state index in [1.54, 1.807) is 0 Å². The van der Waals surface area contributed by atoms with Gasteiger partial charge in [-0.3, -0.25) is 0 Å². The van der Waals surface area contributed by atoms with Crippen LogP contribution in [0.5, 0.6) is 0 Å². The van der Waals surface area contributed by atoms with Crippen LogP contribution in [0.3, 0.4) is 0 Å². The molecule has 0 saturated heterocycles. The minimum Gasteiger partial charge on any atom is -0.550 e. The molecule has 0 aromatic heterocycles. The Bertz CT molecular complexity index is 157. The van der Waals surface area contributed by atoms with Crippen LogP contribution in [0.2, 0.25) is 0 Å². The van der Waals surface area contributed by atoms with Crippen molar-refractivity contribution in [3.8, 4) is 0 Å². The lowest BCUT2D eigenvalue weighted by Gasteiger charge is -2.30. The lowest BCUT2D eigenvalue weighted by Crippen LogP contribution is -2.42. The molecule has 0 spiro atoms. The summed E-state index contributed by atoms with van der Waals surface area (Å²) >= 11 is 0. The van der Waals surface area contributed by atoms with Crippen molar-refractivity contribution in [2.24, 2.45) is 0 Å². The van der Waals surface area contributed by atoms with Crippen LogP contribution in [0.15, 0.2) is 0 Å². The smallest absolute Gasteiger partial charge is 0.0755 e. The van der Waals surface area contributed by atoms with Gasteiger partial charge in [0.25, 0.3) is 0 Å². The lowest BCUT2D eigenvalue weighted by atomic mass is 10.2. The summed E-state index contributed by atoms with van der Waals surface area (Å²) in [5, 5.41) is 9.76. The molecule has 0 heterocycles. The normalized spacial score (nSPS) is 10.6. The number of aliphatic carboxylic acids is 1. The summed E-state index contributed by atoms with van der Waals surface area (Å²) in [6, 6.07) is 0. The number of hydrogen-bond acceptors (Lipinski definition) is 2. The van der Waals surface area contributed by atoms with Crippen molar-refractivity contribution in [3.05, 3.63) is 0 Å². The van der Waals surface area contributed by atoms with E-state index in [0.717, 1.165) is 19.3 Å². The molecule has 0 aliphatic rings. The van der Waals surface area contributed by atoms with Gasteiger partial charge in [-0.15, -0.1) is 0 Å². The van der Waals surface area contributed by atoms with Crippen molar-refractivity contribution in [1.82, 2.24) is 0 Å². The number of hydrogen-bond donors (Lipinski definition) is 0. The zero-order chi connectivity index (χ0) is 13.0. The van der Waals surface area contributed by atoms with Crippen LogP contribution in [0.1, 0.15) is 53.4 Å². The van der Waals surface area contributed by atoms with E-state index in [1.807, 2.05) is 6.92 Å². The largest absolute Gasteiger partial charge is 0.550 e. The van der Waals surface area contributed by atoms with E-state index < -0.39 is 5.97 Å². The highest BCUT2D eigenvalue weighted by atomic mass is 16.4. The van der Waals surface area contributed by atoms with E-state index in [4.69, 9.17) is 0 Å². The third-order valence-electron chi connectivity index (χ3n) is 3.27. The molecule has 0 atom stereocenters. The fraction of sp³-hybridized carbons (Fsp3) is 0.923. The summed E-state index contributed by atoms with van der Waals surface area (Å²) in [6.07, 6.45) is 3.04. The second-order valence-corrected chi connectivity index (χ2v) is 4.40. The SMILES string of the molecule is CCCCCC(=O)[O-].CC[N+](C)(CC)CC. The molecule has 0 amide bonds. The van der Waals surface area contributed by atoms with Crippen molar-refractivity contribution in [1.29, 1.82) is 0 Å². The molecule has 0 rings (SSSR count). The Kier molecular flexibility index (Phi) is 12.2. The molecule has 3 heteroatoms. The van der Waals surface area contributed by atoms with E-state index >= 15 is 0 Å². The standard InChI is InChI=1S/C7H18N.C6H12O2/c1-5-8(4,6-2)7-3;1-2-3-4-5-6(7)8/h5-7H2,1-4H3;2-5H2,1H3,(H,7,8)/q+1;/p-1. The highest BCUT2D eigenvalue weighted by molar-refractivity contribution is 5.63. The minimum absolute atomic E-state index is 0.216. The van der Waals surface area contributed by atoms with Crippen LogP contribution < -0.4 is 5.11 Å². The van der Waals surface area contributed by atoms with Gasteiger partial charge in [-0.2, -0.15) is 0 Å². The van der Waals surface area contributed by atoms with Crippen LogP contribution in [-0.4, -0.2) is 37.1 Å². The highest BCUT2D eigenvalue weighted by Gasteiger charge is 2.10. The molecule has 0 aromatic rings. The van der Waals surface area contributed by atoms with Crippen LogP contribution in [0, 0.1) is 0 Å². The molecule has 0 saturated carbocycles. The molecule has 98 valence electrons. The fourth-order valence-corrected chi connectivity index (χ4v) is 1.19.